The average Bonchev–Trinajstić information content (AvgIpc) is 2.78. The van der Waals surface area contributed by atoms with E-state index in [0.717, 1.165) is 17.7 Å². The van der Waals surface area contributed by atoms with Gasteiger partial charge < -0.3 is 10.5 Å². The Morgan fingerprint density at radius 1 is 0.938 bits per heavy atom. The van der Waals surface area contributed by atoms with Crippen molar-refractivity contribution in [2.24, 2.45) is 0 Å². The average molecular weight is 468 g/mol. The number of unbranched alkanes of at least 4 members (excludes halogenated alkanes) is 5. The Morgan fingerprint density at radius 2 is 1.66 bits per heavy atom. The number of halogens is 2. The molecule has 1 aromatic heterocycles. The summed E-state index contributed by atoms with van der Waals surface area (Å²) >= 11 is 12.4. The first-order chi connectivity index (χ1) is 15.5. The van der Waals surface area contributed by atoms with Crippen molar-refractivity contribution in [1.29, 1.82) is 5.26 Å². The Kier molecular flexibility index (Phi) is 8.79. The molecule has 2 N–H and O–H groups in total. The van der Waals surface area contributed by atoms with Gasteiger partial charge in [0.1, 0.15) is 23.2 Å². The number of nitrogen functional groups attached to an aromatic ring is 1. The molecule has 166 valence electrons. The zero-order chi connectivity index (χ0) is 22.9. The highest BCUT2D eigenvalue weighted by molar-refractivity contribution is 6.36. The second kappa shape index (κ2) is 11.8. The van der Waals surface area contributed by atoms with Crippen LogP contribution in [-0.2, 0) is 0 Å². The van der Waals surface area contributed by atoms with Crippen LogP contribution < -0.4 is 10.5 Å². The van der Waals surface area contributed by atoms with E-state index in [1.54, 1.807) is 18.2 Å². The van der Waals surface area contributed by atoms with E-state index in [2.05, 4.69) is 18.0 Å². The van der Waals surface area contributed by atoms with E-state index < -0.39 is 0 Å². The topological polar surface area (TPSA) is 71.9 Å². The third-order valence-electron chi connectivity index (χ3n) is 5.30. The summed E-state index contributed by atoms with van der Waals surface area (Å²) in [5.74, 6) is 0.971. The molecule has 0 saturated heterocycles. The van der Waals surface area contributed by atoms with Crippen LogP contribution in [0.5, 0.6) is 5.75 Å². The fourth-order valence-electron chi connectivity index (χ4n) is 3.55. The minimum atomic E-state index is 0.161. The van der Waals surface area contributed by atoms with Crippen LogP contribution in [0.4, 0.5) is 5.82 Å². The first-order valence-corrected chi connectivity index (χ1v) is 11.7. The quantitative estimate of drug-likeness (QED) is 0.307. The predicted octanol–water partition coefficient (Wildman–Crippen LogP) is 7.92. The van der Waals surface area contributed by atoms with Crippen LogP contribution in [-0.4, -0.2) is 11.6 Å². The fourth-order valence-corrected chi connectivity index (χ4v) is 4.05. The Morgan fingerprint density at radius 3 is 2.34 bits per heavy atom. The van der Waals surface area contributed by atoms with Gasteiger partial charge in [-0.25, -0.2) is 4.98 Å². The maximum absolute atomic E-state index is 9.65. The van der Waals surface area contributed by atoms with Crippen LogP contribution in [0.3, 0.4) is 0 Å². The molecule has 0 unspecified atom stereocenters. The molecule has 0 fully saturated rings. The maximum atomic E-state index is 9.65. The van der Waals surface area contributed by atoms with Crippen molar-refractivity contribution in [3.8, 4) is 34.2 Å². The number of nitrogens with zero attached hydrogens (tertiary/aromatic N) is 2. The van der Waals surface area contributed by atoms with E-state index >= 15 is 0 Å². The van der Waals surface area contributed by atoms with Crippen LogP contribution in [0.1, 0.15) is 51.0 Å². The Labute approximate surface area is 200 Å². The Hall–Kier alpha value is -2.74. The summed E-state index contributed by atoms with van der Waals surface area (Å²) in [6.07, 6.45) is 7.36. The molecule has 3 rings (SSSR count). The normalized spacial score (nSPS) is 10.7. The van der Waals surface area contributed by atoms with Crippen LogP contribution >= 0.6 is 23.2 Å². The van der Waals surface area contributed by atoms with Gasteiger partial charge in [0, 0.05) is 16.1 Å². The molecule has 32 heavy (non-hydrogen) atoms. The molecule has 1 heterocycles. The number of hydrogen-bond acceptors (Lipinski definition) is 4. The number of nitrogens with two attached hydrogens (primary N) is 1. The minimum Gasteiger partial charge on any atom is -0.494 e. The lowest BCUT2D eigenvalue weighted by Crippen LogP contribution is -2.00. The molecule has 0 spiro atoms. The number of pyridine rings is 1. The third kappa shape index (κ3) is 6.16. The number of nitriles is 1. The number of ether oxygens (including phenoxy) is 1. The highest BCUT2D eigenvalue weighted by Crippen LogP contribution is 2.35. The van der Waals surface area contributed by atoms with Crippen LogP contribution in [0, 0.1) is 11.3 Å². The van der Waals surface area contributed by atoms with E-state index in [0.29, 0.717) is 39.0 Å². The number of aromatic nitrogens is 1. The number of rotatable bonds is 10. The van der Waals surface area contributed by atoms with Crippen LogP contribution in [0.25, 0.3) is 22.4 Å². The van der Waals surface area contributed by atoms with Gasteiger partial charge in [-0.05, 0) is 48.4 Å². The van der Waals surface area contributed by atoms with Gasteiger partial charge in [-0.3, -0.25) is 0 Å². The standard InChI is InChI=1S/C26H27Cl2N3O/c1-2-3-4-5-6-7-14-32-20-11-8-18(9-12-20)22-16-25(31-26(30)23(22)17-29)21-13-10-19(27)15-24(21)28/h8-13,15-16H,2-7,14H2,1H3,(H2,30,31). The number of anilines is 1. The first kappa shape index (κ1) is 23.9. The van der Waals surface area contributed by atoms with Gasteiger partial charge in [-0.2, -0.15) is 5.26 Å². The maximum Gasteiger partial charge on any atom is 0.142 e. The molecule has 0 saturated carbocycles. The minimum absolute atomic E-state index is 0.161. The van der Waals surface area contributed by atoms with Gasteiger partial charge in [0.15, 0.2) is 0 Å². The van der Waals surface area contributed by atoms with E-state index in [4.69, 9.17) is 33.7 Å². The van der Waals surface area contributed by atoms with E-state index in [1.165, 1.54) is 32.1 Å². The zero-order valence-electron chi connectivity index (χ0n) is 18.2. The number of benzene rings is 2. The van der Waals surface area contributed by atoms with Gasteiger partial charge in [0.05, 0.1) is 17.3 Å². The second-order valence-electron chi connectivity index (χ2n) is 7.69. The van der Waals surface area contributed by atoms with Crippen molar-refractivity contribution in [2.45, 2.75) is 45.4 Å². The third-order valence-corrected chi connectivity index (χ3v) is 5.85. The first-order valence-electron chi connectivity index (χ1n) is 10.9. The molecule has 4 nitrogen and oxygen atoms in total. The van der Waals surface area contributed by atoms with Crippen molar-refractivity contribution < 1.29 is 4.74 Å². The van der Waals surface area contributed by atoms with Crippen molar-refractivity contribution >= 4 is 29.0 Å². The number of hydrogen-bond donors (Lipinski definition) is 1. The smallest absolute Gasteiger partial charge is 0.142 e. The summed E-state index contributed by atoms with van der Waals surface area (Å²) in [5.41, 5.74) is 9.29. The van der Waals surface area contributed by atoms with Crippen LogP contribution in [0.15, 0.2) is 48.5 Å². The van der Waals surface area contributed by atoms with Crippen molar-refractivity contribution in [2.75, 3.05) is 12.3 Å². The monoisotopic (exact) mass is 467 g/mol. The lowest BCUT2D eigenvalue weighted by Gasteiger charge is -2.12. The molecule has 0 atom stereocenters. The highest BCUT2D eigenvalue weighted by Gasteiger charge is 2.15. The molecule has 3 aromatic rings. The summed E-state index contributed by atoms with van der Waals surface area (Å²) in [6, 6.07) is 16.9. The van der Waals surface area contributed by atoms with Crippen molar-refractivity contribution in [1.82, 2.24) is 4.98 Å². The molecule has 0 radical (unpaired) electrons. The van der Waals surface area contributed by atoms with Gasteiger partial charge in [-0.1, -0.05) is 74.4 Å². The molecule has 6 heteroatoms. The van der Waals surface area contributed by atoms with E-state index in [1.807, 2.05) is 30.3 Å². The SMILES string of the molecule is CCCCCCCCOc1ccc(-c2cc(-c3ccc(Cl)cc3Cl)nc(N)c2C#N)cc1. The Bertz CT molecular complexity index is 1090. The molecule has 0 amide bonds. The molecule has 0 aliphatic rings. The molecule has 0 aliphatic carbocycles. The molecule has 2 aromatic carbocycles. The molecular weight excluding hydrogens is 441 g/mol. The van der Waals surface area contributed by atoms with Gasteiger partial charge in [0.25, 0.3) is 0 Å². The molecule has 0 aliphatic heterocycles. The van der Waals surface area contributed by atoms with Gasteiger partial charge >= 0.3 is 0 Å². The highest BCUT2D eigenvalue weighted by atomic mass is 35.5. The van der Waals surface area contributed by atoms with Gasteiger partial charge in [0.2, 0.25) is 0 Å². The van der Waals surface area contributed by atoms with Crippen LogP contribution in [0.2, 0.25) is 10.0 Å². The second-order valence-corrected chi connectivity index (χ2v) is 8.54. The summed E-state index contributed by atoms with van der Waals surface area (Å²) in [6.45, 7) is 2.93. The van der Waals surface area contributed by atoms with Crippen molar-refractivity contribution in [3.05, 3.63) is 64.1 Å². The van der Waals surface area contributed by atoms with Gasteiger partial charge in [-0.15, -0.1) is 0 Å². The largest absolute Gasteiger partial charge is 0.494 e. The zero-order valence-corrected chi connectivity index (χ0v) is 19.7. The molecule has 0 bridgehead atoms. The van der Waals surface area contributed by atoms with E-state index in [9.17, 15) is 5.26 Å². The summed E-state index contributed by atoms with van der Waals surface area (Å²) < 4.78 is 5.87. The lowest BCUT2D eigenvalue weighted by molar-refractivity contribution is 0.304. The summed E-state index contributed by atoms with van der Waals surface area (Å²) in [7, 11) is 0. The predicted molar refractivity (Wildman–Crippen MR) is 133 cm³/mol. The summed E-state index contributed by atoms with van der Waals surface area (Å²) in [5, 5.41) is 10.7. The fraction of sp³-hybridized carbons (Fsp3) is 0.308. The van der Waals surface area contributed by atoms with E-state index in [-0.39, 0.29) is 5.82 Å². The van der Waals surface area contributed by atoms with Crippen molar-refractivity contribution in [3.63, 3.8) is 0 Å². The Balaban J connectivity index is 1.77. The molecular formula is C26H27Cl2N3O. The summed E-state index contributed by atoms with van der Waals surface area (Å²) in [4.78, 5) is 4.39. The lowest BCUT2D eigenvalue weighted by atomic mass is 9.98.